The van der Waals surface area contributed by atoms with Crippen molar-refractivity contribution in [2.45, 2.75) is 12.4 Å². The Bertz CT molecular complexity index is 972. The van der Waals surface area contributed by atoms with Gasteiger partial charge in [-0.25, -0.2) is 0 Å². The SMILES string of the molecule is FC(F)(F)Oc1ccc([C@H](c2cccc(Oc3ccccc3)c2)N2CCNCC2)cc1. The number of nitrogens with one attached hydrogen (secondary N) is 1. The van der Waals surface area contributed by atoms with Crippen LogP contribution in [0.3, 0.4) is 0 Å². The third kappa shape index (κ3) is 5.77. The summed E-state index contributed by atoms with van der Waals surface area (Å²) in [5.41, 5.74) is 1.91. The molecule has 1 fully saturated rings. The molecule has 1 aliphatic heterocycles. The molecule has 7 heteroatoms. The number of benzene rings is 3. The molecule has 3 aromatic rings. The van der Waals surface area contributed by atoms with Crippen LogP contribution in [0.25, 0.3) is 0 Å². The van der Waals surface area contributed by atoms with E-state index in [-0.39, 0.29) is 11.8 Å². The summed E-state index contributed by atoms with van der Waals surface area (Å²) < 4.78 is 47.6. The first-order chi connectivity index (χ1) is 15.0. The van der Waals surface area contributed by atoms with Crippen LogP contribution in [0.1, 0.15) is 17.2 Å². The van der Waals surface area contributed by atoms with Gasteiger partial charge in [-0.1, -0.05) is 42.5 Å². The van der Waals surface area contributed by atoms with Crippen molar-refractivity contribution in [3.8, 4) is 17.2 Å². The predicted molar refractivity (Wildman–Crippen MR) is 112 cm³/mol. The Balaban J connectivity index is 1.63. The lowest BCUT2D eigenvalue weighted by Crippen LogP contribution is -2.45. The van der Waals surface area contributed by atoms with Crippen molar-refractivity contribution in [3.63, 3.8) is 0 Å². The Labute approximate surface area is 179 Å². The topological polar surface area (TPSA) is 33.7 Å². The zero-order valence-corrected chi connectivity index (χ0v) is 16.8. The minimum Gasteiger partial charge on any atom is -0.457 e. The second kappa shape index (κ2) is 9.41. The van der Waals surface area contributed by atoms with Crippen LogP contribution in [-0.2, 0) is 0 Å². The highest BCUT2D eigenvalue weighted by Gasteiger charge is 2.31. The first kappa shape index (κ1) is 21.2. The van der Waals surface area contributed by atoms with E-state index in [2.05, 4.69) is 15.0 Å². The lowest BCUT2D eigenvalue weighted by Gasteiger charge is -2.35. The van der Waals surface area contributed by atoms with Crippen LogP contribution in [0.4, 0.5) is 13.2 Å². The number of para-hydroxylation sites is 1. The zero-order valence-electron chi connectivity index (χ0n) is 16.8. The van der Waals surface area contributed by atoms with Crippen molar-refractivity contribution < 1.29 is 22.6 Å². The first-order valence-corrected chi connectivity index (χ1v) is 10.1. The van der Waals surface area contributed by atoms with Gasteiger partial charge in [-0.2, -0.15) is 0 Å². The number of rotatable bonds is 6. The minimum absolute atomic E-state index is 0.110. The van der Waals surface area contributed by atoms with Gasteiger partial charge < -0.3 is 14.8 Å². The first-order valence-electron chi connectivity index (χ1n) is 10.1. The number of hydrogen-bond donors (Lipinski definition) is 1. The molecule has 1 heterocycles. The van der Waals surface area contributed by atoms with Gasteiger partial charge in [0.1, 0.15) is 17.2 Å². The quantitative estimate of drug-likeness (QED) is 0.572. The number of nitrogens with zero attached hydrogens (tertiary/aromatic N) is 1. The standard InChI is InChI=1S/C24H23F3N2O2/c25-24(26,27)31-21-11-9-18(10-12-21)23(29-15-13-28-14-16-29)19-5-4-8-22(17-19)30-20-6-2-1-3-7-20/h1-12,17,23,28H,13-16H2/t23-/m1/s1. The van der Waals surface area contributed by atoms with Crippen LogP contribution in [-0.4, -0.2) is 37.4 Å². The summed E-state index contributed by atoms with van der Waals surface area (Å²) in [5.74, 6) is 1.23. The van der Waals surface area contributed by atoms with Crippen molar-refractivity contribution in [2.24, 2.45) is 0 Å². The largest absolute Gasteiger partial charge is 0.573 e. The predicted octanol–water partition coefficient (Wildman–Crippen LogP) is 5.37. The van der Waals surface area contributed by atoms with E-state index in [0.717, 1.165) is 43.1 Å². The molecule has 1 atom stereocenters. The number of ether oxygens (including phenoxy) is 2. The lowest BCUT2D eigenvalue weighted by atomic mass is 9.96. The van der Waals surface area contributed by atoms with Gasteiger partial charge in [0.25, 0.3) is 0 Å². The minimum atomic E-state index is -4.71. The summed E-state index contributed by atoms with van der Waals surface area (Å²) in [4.78, 5) is 2.32. The fraction of sp³-hybridized carbons (Fsp3) is 0.250. The summed E-state index contributed by atoms with van der Waals surface area (Å²) in [6.45, 7) is 3.36. The fourth-order valence-corrected chi connectivity index (χ4v) is 3.78. The molecule has 1 saturated heterocycles. The third-order valence-corrected chi connectivity index (χ3v) is 5.10. The molecule has 0 aromatic heterocycles. The molecule has 3 aromatic carbocycles. The van der Waals surface area contributed by atoms with Gasteiger partial charge in [-0.3, -0.25) is 4.90 Å². The molecular weight excluding hydrogens is 405 g/mol. The van der Waals surface area contributed by atoms with E-state index in [1.165, 1.54) is 12.1 Å². The molecule has 0 radical (unpaired) electrons. The molecule has 162 valence electrons. The van der Waals surface area contributed by atoms with E-state index in [0.29, 0.717) is 5.75 Å². The van der Waals surface area contributed by atoms with Crippen molar-refractivity contribution in [2.75, 3.05) is 26.2 Å². The molecule has 31 heavy (non-hydrogen) atoms. The lowest BCUT2D eigenvalue weighted by molar-refractivity contribution is -0.274. The summed E-state index contributed by atoms with van der Waals surface area (Å²) >= 11 is 0. The maximum atomic E-state index is 12.5. The van der Waals surface area contributed by atoms with E-state index >= 15 is 0 Å². The second-order valence-corrected chi connectivity index (χ2v) is 7.29. The molecule has 0 aliphatic carbocycles. The van der Waals surface area contributed by atoms with E-state index < -0.39 is 6.36 Å². The normalized spacial score (nSPS) is 16.0. The number of hydrogen-bond acceptors (Lipinski definition) is 4. The van der Waals surface area contributed by atoms with Gasteiger partial charge in [0, 0.05) is 26.2 Å². The van der Waals surface area contributed by atoms with Gasteiger partial charge in [-0.05, 0) is 47.5 Å². The Morgan fingerprint density at radius 1 is 0.742 bits per heavy atom. The molecule has 1 N–H and O–H groups in total. The highest BCUT2D eigenvalue weighted by atomic mass is 19.4. The second-order valence-electron chi connectivity index (χ2n) is 7.29. The zero-order chi connectivity index (χ0) is 21.7. The molecule has 0 spiro atoms. The van der Waals surface area contributed by atoms with Crippen LogP contribution in [0.2, 0.25) is 0 Å². The van der Waals surface area contributed by atoms with E-state index in [1.807, 2.05) is 54.6 Å². The molecule has 1 aliphatic rings. The molecular formula is C24H23F3N2O2. The van der Waals surface area contributed by atoms with Crippen molar-refractivity contribution in [3.05, 3.63) is 90.0 Å². The number of piperazine rings is 1. The van der Waals surface area contributed by atoms with Crippen LogP contribution >= 0.6 is 0 Å². The maximum absolute atomic E-state index is 12.5. The van der Waals surface area contributed by atoms with E-state index in [9.17, 15) is 13.2 Å². The fourth-order valence-electron chi connectivity index (χ4n) is 3.78. The van der Waals surface area contributed by atoms with Gasteiger partial charge in [0.05, 0.1) is 6.04 Å². The van der Waals surface area contributed by atoms with Crippen molar-refractivity contribution in [1.29, 1.82) is 0 Å². The molecule has 4 nitrogen and oxygen atoms in total. The summed E-state index contributed by atoms with van der Waals surface area (Å²) in [6, 6.07) is 23.4. The number of halogens is 3. The average molecular weight is 428 g/mol. The van der Waals surface area contributed by atoms with E-state index in [4.69, 9.17) is 4.74 Å². The van der Waals surface area contributed by atoms with Crippen LogP contribution in [0, 0.1) is 0 Å². The Morgan fingerprint density at radius 2 is 1.42 bits per heavy atom. The highest BCUT2D eigenvalue weighted by molar-refractivity contribution is 5.40. The van der Waals surface area contributed by atoms with Gasteiger partial charge in [0.2, 0.25) is 0 Å². The van der Waals surface area contributed by atoms with Gasteiger partial charge in [-0.15, -0.1) is 13.2 Å². The van der Waals surface area contributed by atoms with Gasteiger partial charge in [0.15, 0.2) is 0 Å². The van der Waals surface area contributed by atoms with E-state index in [1.54, 1.807) is 12.1 Å². The summed E-state index contributed by atoms with van der Waals surface area (Å²) in [6.07, 6.45) is -4.71. The third-order valence-electron chi connectivity index (χ3n) is 5.10. The summed E-state index contributed by atoms with van der Waals surface area (Å²) in [7, 11) is 0. The average Bonchev–Trinajstić information content (AvgIpc) is 2.76. The van der Waals surface area contributed by atoms with Crippen LogP contribution < -0.4 is 14.8 Å². The molecule has 0 saturated carbocycles. The monoisotopic (exact) mass is 428 g/mol. The smallest absolute Gasteiger partial charge is 0.457 e. The summed E-state index contributed by atoms with van der Waals surface area (Å²) in [5, 5.41) is 3.34. The molecule has 4 rings (SSSR count). The highest BCUT2D eigenvalue weighted by Crippen LogP contribution is 2.34. The van der Waals surface area contributed by atoms with Crippen molar-refractivity contribution >= 4 is 0 Å². The Hall–Kier alpha value is -3.03. The van der Waals surface area contributed by atoms with Crippen LogP contribution in [0.15, 0.2) is 78.9 Å². The molecule has 0 unspecified atom stereocenters. The Kier molecular flexibility index (Phi) is 6.44. The van der Waals surface area contributed by atoms with Crippen LogP contribution in [0.5, 0.6) is 17.2 Å². The molecule has 0 bridgehead atoms. The number of alkyl halides is 3. The van der Waals surface area contributed by atoms with Gasteiger partial charge >= 0.3 is 6.36 Å². The maximum Gasteiger partial charge on any atom is 0.573 e. The Morgan fingerprint density at radius 3 is 2.10 bits per heavy atom. The van der Waals surface area contributed by atoms with Crippen molar-refractivity contribution in [1.82, 2.24) is 10.2 Å². The molecule has 0 amide bonds.